The number of unbranched alkanes of at least 4 members (excludes halogenated alkanes) is 5. The summed E-state index contributed by atoms with van der Waals surface area (Å²) < 4.78 is 5.28. The SMILES string of the molecule is CC=C(C)[SiH2]CCCCCCCCC(=O)c1ccccc1OC(Cl)Cl. The highest BCUT2D eigenvalue weighted by molar-refractivity contribution is 6.44. The van der Waals surface area contributed by atoms with E-state index in [0.717, 1.165) is 12.8 Å². The van der Waals surface area contributed by atoms with Gasteiger partial charge in [-0.05, 0) is 32.4 Å². The van der Waals surface area contributed by atoms with Gasteiger partial charge in [0, 0.05) is 15.9 Å². The van der Waals surface area contributed by atoms with Crippen molar-refractivity contribution in [1.29, 1.82) is 0 Å². The minimum atomic E-state index is -0.964. The lowest BCUT2D eigenvalue weighted by atomic mass is 10.0. The van der Waals surface area contributed by atoms with Crippen molar-refractivity contribution in [3.8, 4) is 5.75 Å². The summed E-state index contributed by atoms with van der Waals surface area (Å²) in [6.45, 7) is 4.39. The van der Waals surface area contributed by atoms with Crippen molar-refractivity contribution in [2.24, 2.45) is 0 Å². The Kier molecular flexibility index (Phi) is 12.0. The average molecular weight is 401 g/mol. The molecule has 0 saturated heterocycles. The van der Waals surface area contributed by atoms with Crippen LogP contribution in [0.4, 0.5) is 0 Å². The molecule has 0 heterocycles. The zero-order valence-corrected chi connectivity index (χ0v) is 18.3. The van der Waals surface area contributed by atoms with Gasteiger partial charge in [-0.25, -0.2) is 0 Å². The van der Waals surface area contributed by atoms with Crippen molar-refractivity contribution in [3.05, 3.63) is 41.1 Å². The fraction of sp³-hybridized carbons (Fsp3) is 0.550. The van der Waals surface area contributed by atoms with E-state index in [2.05, 4.69) is 19.9 Å². The zero-order valence-electron chi connectivity index (χ0n) is 15.4. The Hall–Kier alpha value is -0.773. The number of ether oxygens (including phenoxy) is 1. The molecule has 1 aromatic rings. The molecule has 0 spiro atoms. The second kappa shape index (κ2) is 13.4. The predicted molar refractivity (Wildman–Crippen MR) is 112 cm³/mol. The summed E-state index contributed by atoms with van der Waals surface area (Å²) >= 11 is 11.3. The second-order valence-electron chi connectivity index (χ2n) is 6.41. The molecule has 0 fully saturated rings. The predicted octanol–water partition coefficient (Wildman–Crippen LogP) is 6.25. The molecule has 0 amide bonds. The Morgan fingerprint density at radius 3 is 2.44 bits per heavy atom. The minimum absolute atomic E-state index is 0.0248. The molecular formula is C20H30Cl2O2Si. The van der Waals surface area contributed by atoms with Gasteiger partial charge in [0.15, 0.2) is 5.78 Å². The molecule has 0 aliphatic heterocycles. The first kappa shape index (κ1) is 22.3. The van der Waals surface area contributed by atoms with Crippen LogP contribution in [-0.4, -0.2) is 20.3 Å². The van der Waals surface area contributed by atoms with E-state index in [9.17, 15) is 4.79 Å². The Morgan fingerprint density at radius 1 is 1.12 bits per heavy atom. The summed E-state index contributed by atoms with van der Waals surface area (Å²) in [5.41, 5.74) is 0.568. The lowest BCUT2D eigenvalue weighted by molar-refractivity contribution is 0.0975. The number of rotatable bonds is 13. The van der Waals surface area contributed by atoms with Crippen LogP contribution in [0, 0.1) is 0 Å². The molecule has 140 valence electrons. The molecule has 0 saturated carbocycles. The zero-order chi connectivity index (χ0) is 18.5. The van der Waals surface area contributed by atoms with E-state index in [1.54, 1.807) is 17.3 Å². The topological polar surface area (TPSA) is 26.3 Å². The van der Waals surface area contributed by atoms with Crippen molar-refractivity contribution >= 4 is 38.5 Å². The van der Waals surface area contributed by atoms with Crippen LogP contribution in [0.5, 0.6) is 5.75 Å². The molecule has 2 nitrogen and oxygen atoms in total. The van der Waals surface area contributed by atoms with Crippen molar-refractivity contribution in [1.82, 2.24) is 0 Å². The molecule has 1 rings (SSSR count). The lowest BCUT2D eigenvalue weighted by Crippen LogP contribution is -2.06. The maximum Gasteiger partial charge on any atom is 0.247 e. The van der Waals surface area contributed by atoms with Crippen LogP contribution in [0.3, 0.4) is 0 Å². The Bertz CT molecular complexity index is 544. The number of hydrogen-bond donors (Lipinski definition) is 0. The van der Waals surface area contributed by atoms with Crippen LogP contribution >= 0.6 is 23.2 Å². The summed E-state index contributed by atoms with van der Waals surface area (Å²) in [5, 5.41) is 0.658. The van der Waals surface area contributed by atoms with E-state index < -0.39 is 5.02 Å². The van der Waals surface area contributed by atoms with E-state index in [4.69, 9.17) is 27.9 Å². The number of allylic oxidation sites excluding steroid dienone is 2. The first-order valence-corrected chi connectivity index (χ1v) is 11.8. The van der Waals surface area contributed by atoms with Gasteiger partial charge >= 0.3 is 0 Å². The standard InChI is InChI=1S/C20H30Cl2O2Si/c1-3-16(2)25-15-11-7-5-4-6-8-13-18(23)17-12-9-10-14-19(17)24-20(21)22/h3,9-10,12,14,20H,4-8,11,13,15,25H2,1-2H3. The van der Waals surface area contributed by atoms with E-state index in [1.807, 2.05) is 12.1 Å². The molecule has 0 aliphatic carbocycles. The van der Waals surface area contributed by atoms with Gasteiger partial charge in [-0.1, -0.05) is 84.8 Å². The van der Waals surface area contributed by atoms with Crippen molar-refractivity contribution in [3.63, 3.8) is 0 Å². The normalized spacial score (nSPS) is 12.3. The number of hydrogen-bond acceptors (Lipinski definition) is 2. The largest absolute Gasteiger partial charge is 0.460 e. The van der Waals surface area contributed by atoms with Gasteiger partial charge in [0.1, 0.15) is 5.75 Å². The molecule has 0 aromatic heterocycles. The van der Waals surface area contributed by atoms with Gasteiger partial charge in [-0.2, -0.15) is 0 Å². The Morgan fingerprint density at radius 2 is 1.76 bits per heavy atom. The number of ketones is 1. The number of alkyl halides is 2. The second-order valence-corrected chi connectivity index (χ2v) is 9.75. The fourth-order valence-corrected chi connectivity index (χ4v) is 4.39. The van der Waals surface area contributed by atoms with Crippen LogP contribution in [0.15, 0.2) is 35.5 Å². The van der Waals surface area contributed by atoms with E-state index in [-0.39, 0.29) is 15.3 Å². The van der Waals surface area contributed by atoms with Gasteiger partial charge < -0.3 is 4.74 Å². The molecule has 0 bridgehead atoms. The minimum Gasteiger partial charge on any atom is -0.460 e. The highest BCUT2D eigenvalue weighted by atomic mass is 35.5. The summed E-state index contributed by atoms with van der Waals surface area (Å²) in [5.74, 6) is 0.556. The summed E-state index contributed by atoms with van der Waals surface area (Å²) in [6.07, 6.45) is 9.99. The van der Waals surface area contributed by atoms with Crippen LogP contribution in [-0.2, 0) is 0 Å². The summed E-state index contributed by atoms with van der Waals surface area (Å²) in [6, 6.07) is 8.56. The highest BCUT2D eigenvalue weighted by Crippen LogP contribution is 2.23. The molecule has 0 aliphatic rings. The molecule has 5 heteroatoms. The van der Waals surface area contributed by atoms with E-state index in [0.29, 0.717) is 17.7 Å². The van der Waals surface area contributed by atoms with Gasteiger partial charge in [-0.15, -0.1) is 0 Å². The number of halogens is 2. The average Bonchev–Trinajstić information content (AvgIpc) is 2.59. The molecular weight excluding hydrogens is 371 g/mol. The van der Waals surface area contributed by atoms with E-state index in [1.165, 1.54) is 31.7 Å². The first-order chi connectivity index (χ1) is 12.0. The summed E-state index contributed by atoms with van der Waals surface area (Å²) in [4.78, 5) is 12.3. The van der Waals surface area contributed by atoms with Gasteiger partial charge in [0.05, 0.1) is 5.56 Å². The van der Waals surface area contributed by atoms with Crippen LogP contribution in [0.1, 0.15) is 69.2 Å². The van der Waals surface area contributed by atoms with Gasteiger partial charge in [0.25, 0.3) is 0 Å². The molecule has 0 unspecified atom stereocenters. The molecule has 0 radical (unpaired) electrons. The number of carbonyl (C=O) groups excluding carboxylic acids is 1. The fourth-order valence-electron chi connectivity index (χ4n) is 2.75. The molecule has 0 N–H and O–H groups in total. The van der Waals surface area contributed by atoms with Gasteiger partial charge in [0.2, 0.25) is 5.02 Å². The van der Waals surface area contributed by atoms with Gasteiger partial charge in [-0.3, -0.25) is 4.79 Å². The summed E-state index contributed by atoms with van der Waals surface area (Å²) in [7, 11) is 0.0248. The monoisotopic (exact) mass is 400 g/mol. The maximum absolute atomic E-state index is 12.3. The van der Waals surface area contributed by atoms with Crippen LogP contribution in [0.2, 0.25) is 6.04 Å². The quantitative estimate of drug-likeness (QED) is 0.169. The van der Waals surface area contributed by atoms with Crippen molar-refractivity contribution in [2.45, 2.75) is 69.9 Å². The smallest absolute Gasteiger partial charge is 0.247 e. The molecule has 1 aromatic carbocycles. The maximum atomic E-state index is 12.3. The van der Waals surface area contributed by atoms with Crippen molar-refractivity contribution in [2.75, 3.05) is 0 Å². The lowest BCUT2D eigenvalue weighted by Gasteiger charge is -2.11. The van der Waals surface area contributed by atoms with Crippen LogP contribution < -0.4 is 4.74 Å². The van der Waals surface area contributed by atoms with Crippen LogP contribution in [0.25, 0.3) is 0 Å². The highest BCUT2D eigenvalue weighted by Gasteiger charge is 2.13. The van der Waals surface area contributed by atoms with Crippen molar-refractivity contribution < 1.29 is 9.53 Å². The molecule has 25 heavy (non-hydrogen) atoms. The third-order valence-electron chi connectivity index (χ3n) is 4.37. The third kappa shape index (κ3) is 10.1. The number of benzene rings is 1. The molecule has 0 atom stereocenters. The number of para-hydroxylation sites is 1. The Labute approximate surface area is 164 Å². The number of carbonyl (C=O) groups is 1. The Balaban J connectivity index is 2.17. The van der Waals surface area contributed by atoms with E-state index >= 15 is 0 Å². The first-order valence-electron chi connectivity index (χ1n) is 9.23. The number of Topliss-reactive ketones (excluding diaryl/α,β-unsaturated/α-hetero) is 1. The third-order valence-corrected chi connectivity index (χ3v) is 6.60.